The van der Waals surface area contributed by atoms with Crippen LogP contribution < -0.4 is 5.73 Å². The second kappa shape index (κ2) is 9.62. The minimum absolute atomic E-state index is 0.0856. The van der Waals surface area contributed by atoms with Gasteiger partial charge in [-0.05, 0) is 0 Å². The summed E-state index contributed by atoms with van der Waals surface area (Å²) >= 11 is 0. The molecule has 0 atom stereocenters. The van der Waals surface area contributed by atoms with Crippen LogP contribution in [0.25, 0.3) is 0 Å². The topological polar surface area (TPSA) is 153 Å². The highest BCUT2D eigenvalue weighted by atomic mass is 16.5. The minimum Gasteiger partial charge on any atom is -0.465 e. The van der Waals surface area contributed by atoms with Crippen LogP contribution in [0, 0.1) is 0 Å². The monoisotopic (exact) mass is 227 g/mol. The molecule has 0 aliphatic carbocycles. The van der Waals surface area contributed by atoms with E-state index in [-0.39, 0.29) is 19.8 Å². The number of ether oxygens (including phenoxy) is 1. The van der Waals surface area contributed by atoms with Gasteiger partial charge in [0.15, 0.2) is 0 Å². The van der Waals surface area contributed by atoms with Gasteiger partial charge in [0.2, 0.25) is 0 Å². The Morgan fingerprint density at radius 3 is 1.93 bits per heavy atom. The lowest BCUT2D eigenvalue weighted by molar-refractivity contribution is -0.107. The Morgan fingerprint density at radius 2 is 1.67 bits per heavy atom. The van der Waals surface area contributed by atoms with Crippen molar-refractivity contribution in [2.24, 2.45) is 5.73 Å². The summed E-state index contributed by atoms with van der Waals surface area (Å²) in [6.07, 6.45) is -1.33. The summed E-state index contributed by atoms with van der Waals surface area (Å²) in [5.74, 6) is 0. The predicted octanol–water partition coefficient (Wildman–Crippen LogP) is -2.67. The van der Waals surface area contributed by atoms with Crippen molar-refractivity contribution in [3.63, 3.8) is 0 Å². The van der Waals surface area contributed by atoms with Gasteiger partial charge < -0.3 is 36.0 Å². The molecule has 0 saturated heterocycles. The van der Waals surface area contributed by atoms with Gasteiger partial charge in [-0.25, -0.2) is 4.79 Å². The van der Waals surface area contributed by atoms with E-state index in [0.717, 1.165) is 0 Å². The molecular formula is C7H17NO7. The maximum absolute atomic E-state index is 9.15. The second-order valence-corrected chi connectivity index (χ2v) is 2.65. The summed E-state index contributed by atoms with van der Waals surface area (Å²) in [6.45, 7) is -1.36. The van der Waals surface area contributed by atoms with E-state index in [2.05, 4.69) is 5.73 Å². The van der Waals surface area contributed by atoms with Gasteiger partial charge in [0, 0.05) is 0 Å². The molecule has 92 valence electrons. The summed E-state index contributed by atoms with van der Waals surface area (Å²) in [7, 11) is 0. The number of amides is 1. The average molecular weight is 227 g/mol. The van der Waals surface area contributed by atoms with Crippen LogP contribution in [-0.4, -0.2) is 70.3 Å². The van der Waals surface area contributed by atoms with Crippen LogP contribution in [0.15, 0.2) is 0 Å². The highest BCUT2D eigenvalue weighted by molar-refractivity contribution is 5.61. The molecule has 8 nitrogen and oxygen atoms in total. The Morgan fingerprint density at radius 1 is 1.27 bits per heavy atom. The normalized spacial score (nSPS) is 10.4. The fraction of sp³-hybridized carbons (Fsp3) is 0.857. The zero-order valence-electron chi connectivity index (χ0n) is 8.17. The minimum atomic E-state index is -1.59. The molecule has 0 rings (SSSR count). The lowest BCUT2D eigenvalue weighted by Gasteiger charge is -2.22. The highest BCUT2D eigenvalue weighted by Gasteiger charge is 2.24. The van der Waals surface area contributed by atoms with Gasteiger partial charge in [-0.15, -0.1) is 0 Å². The fourth-order valence-corrected chi connectivity index (χ4v) is 0.468. The smallest absolute Gasteiger partial charge is 0.402 e. The number of aliphatic hydroxyl groups excluding tert-OH is 3. The first kappa shape index (κ1) is 16.5. The molecule has 0 aliphatic rings. The first-order valence-corrected chi connectivity index (χ1v) is 4.03. The molecule has 0 saturated carbocycles. The summed E-state index contributed by atoms with van der Waals surface area (Å²) in [4.78, 5) is 8.78. The summed E-state index contributed by atoms with van der Waals surface area (Å²) in [5, 5.41) is 41.7. The molecule has 0 heterocycles. The number of primary amides is 1. The lowest BCUT2D eigenvalue weighted by Crippen LogP contribution is -2.42. The van der Waals surface area contributed by atoms with Gasteiger partial charge in [-0.3, -0.25) is 0 Å². The van der Waals surface area contributed by atoms with E-state index >= 15 is 0 Å². The molecular weight excluding hydrogens is 210 g/mol. The van der Waals surface area contributed by atoms with Gasteiger partial charge in [-0.1, -0.05) is 0 Å². The molecule has 0 unspecified atom stereocenters. The van der Waals surface area contributed by atoms with Gasteiger partial charge >= 0.3 is 6.09 Å². The van der Waals surface area contributed by atoms with Crippen LogP contribution in [0.3, 0.4) is 0 Å². The fourth-order valence-electron chi connectivity index (χ4n) is 0.468. The van der Waals surface area contributed by atoms with Crippen LogP contribution in [0.1, 0.15) is 0 Å². The first-order chi connectivity index (χ1) is 6.91. The number of carbonyl (C=O) groups is 1. The largest absolute Gasteiger partial charge is 0.465 e. The quantitative estimate of drug-likeness (QED) is 0.270. The molecule has 1 amide bonds. The van der Waals surface area contributed by atoms with E-state index in [4.69, 9.17) is 35.1 Å². The molecule has 0 spiro atoms. The number of nitrogens with two attached hydrogens (primary N) is 1. The molecule has 0 aromatic rings. The van der Waals surface area contributed by atoms with Crippen molar-refractivity contribution < 1.29 is 35.1 Å². The average Bonchev–Trinajstić information content (AvgIpc) is 2.17. The van der Waals surface area contributed by atoms with Crippen LogP contribution in [0.2, 0.25) is 0 Å². The van der Waals surface area contributed by atoms with E-state index in [1.165, 1.54) is 0 Å². The molecule has 0 fully saturated rings. The van der Waals surface area contributed by atoms with Crippen molar-refractivity contribution in [2.75, 3.05) is 33.0 Å². The molecule has 0 radical (unpaired) electrons. The molecule has 7 N–H and O–H groups in total. The number of aliphatic hydroxyl groups is 4. The summed E-state index contributed by atoms with van der Waals surface area (Å²) < 4.78 is 4.71. The molecule has 0 bridgehead atoms. The maximum atomic E-state index is 9.15. The van der Waals surface area contributed by atoms with Gasteiger partial charge in [-0.2, -0.15) is 0 Å². The molecule has 0 aromatic heterocycles. The third-order valence-electron chi connectivity index (χ3n) is 1.19. The van der Waals surface area contributed by atoms with Crippen molar-refractivity contribution in [3.05, 3.63) is 0 Å². The molecule has 8 heteroatoms. The van der Waals surface area contributed by atoms with Gasteiger partial charge in [0.1, 0.15) is 5.60 Å². The van der Waals surface area contributed by atoms with Gasteiger partial charge in [0.05, 0.1) is 33.0 Å². The van der Waals surface area contributed by atoms with E-state index in [9.17, 15) is 0 Å². The molecule has 0 aliphatic heterocycles. The first-order valence-electron chi connectivity index (χ1n) is 4.03. The number of carboxylic acid groups (broad SMARTS) is 1. The van der Waals surface area contributed by atoms with Crippen LogP contribution in [0.4, 0.5) is 4.79 Å². The zero-order chi connectivity index (χ0) is 12.3. The molecule has 0 aromatic carbocycles. The zero-order valence-corrected chi connectivity index (χ0v) is 8.17. The van der Waals surface area contributed by atoms with E-state index < -0.39 is 24.9 Å². The van der Waals surface area contributed by atoms with Crippen molar-refractivity contribution >= 4 is 6.09 Å². The lowest BCUT2D eigenvalue weighted by atomic mass is 10.1. The maximum Gasteiger partial charge on any atom is 0.402 e. The van der Waals surface area contributed by atoms with Crippen molar-refractivity contribution in [2.45, 2.75) is 5.60 Å². The Bertz CT molecular complexity index is 155. The standard InChI is InChI=1S/C6H14O5.CH3NO2/c7-1-2-11-5-6(10,3-8)4-9;2-1(3)4/h7-10H,1-5H2;2H2,(H,3,4). The van der Waals surface area contributed by atoms with Gasteiger partial charge in [0.25, 0.3) is 0 Å². The molecule has 15 heavy (non-hydrogen) atoms. The summed E-state index contributed by atoms with van der Waals surface area (Å²) in [5.41, 5.74) is 2.44. The summed E-state index contributed by atoms with van der Waals surface area (Å²) in [6, 6.07) is 0. The Balaban J connectivity index is 0. The highest BCUT2D eigenvalue weighted by Crippen LogP contribution is 2.01. The SMILES string of the molecule is NC(=O)O.OCCOCC(O)(CO)CO. The van der Waals surface area contributed by atoms with Crippen LogP contribution in [-0.2, 0) is 4.74 Å². The van der Waals surface area contributed by atoms with Crippen LogP contribution in [0.5, 0.6) is 0 Å². The van der Waals surface area contributed by atoms with Crippen LogP contribution >= 0.6 is 0 Å². The Kier molecular flexibility index (Phi) is 10.6. The number of hydrogen-bond acceptors (Lipinski definition) is 6. The van der Waals surface area contributed by atoms with Crippen molar-refractivity contribution in [1.82, 2.24) is 0 Å². The third kappa shape index (κ3) is 13.1. The third-order valence-corrected chi connectivity index (χ3v) is 1.19. The van der Waals surface area contributed by atoms with E-state index in [0.29, 0.717) is 0 Å². The van der Waals surface area contributed by atoms with Crippen molar-refractivity contribution in [3.8, 4) is 0 Å². The number of rotatable bonds is 6. The van der Waals surface area contributed by atoms with Crippen molar-refractivity contribution in [1.29, 1.82) is 0 Å². The number of hydrogen-bond donors (Lipinski definition) is 6. The Labute approximate surface area is 86.5 Å². The van der Waals surface area contributed by atoms with E-state index in [1.54, 1.807) is 0 Å². The van der Waals surface area contributed by atoms with E-state index in [1.807, 2.05) is 0 Å². The predicted molar refractivity (Wildman–Crippen MR) is 49.2 cm³/mol. The second-order valence-electron chi connectivity index (χ2n) is 2.65. The Hall–Kier alpha value is -0.930.